The summed E-state index contributed by atoms with van der Waals surface area (Å²) < 4.78 is 5.45. The highest BCUT2D eigenvalue weighted by Gasteiger charge is 2.27. The average molecular weight is 394 g/mol. The summed E-state index contributed by atoms with van der Waals surface area (Å²) in [6, 6.07) is 8.71. The maximum atomic E-state index is 13.0. The van der Waals surface area contributed by atoms with Gasteiger partial charge in [0.05, 0.1) is 9.77 Å². The Morgan fingerprint density at radius 3 is 2.40 bits per heavy atom. The summed E-state index contributed by atoms with van der Waals surface area (Å²) in [6.45, 7) is 6.46. The second-order valence-corrected chi connectivity index (χ2v) is 8.76. The van der Waals surface area contributed by atoms with Gasteiger partial charge in [0.15, 0.2) is 0 Å². The number of aryl methyl sites for hydroxylation is 1. The van der Waals surface area contributed by atoms with E-state index in [1.807, 2.05) is 17.4 Å². The lowest BCUT2D eigenvalue weighted by molar-refractivity contribution is 0.0622. The lowest BCUT2D eigenvalue weighted by Crippen LogP contribution is -2.48. The number of hydrogen-bond acceptors (Lipinski definition) is 6. The fourth-order valence-electron chi connectivity index (χ4n) is 2.94. The van der Waals surface area contributed by atoms with Crippen molar-refractivity contribution in [2.75, 3.05) is 38.7 Å². The van der Waals surface area contributed by atoms with Crippen LogP contribution >= 0.6 is 35.1 Å². The Kier molecular flexibility index (Phi) is 6.44. The summed E-state index contributed by atoms with van der Waals surface area (Å²) in [7, 11) is 0. The molecule has 1 fully saturated rings. The number of rotatable bonds is 5. The van der Waals surface area contributed by atoms with Crippen molar-refractivity contribution < 1.29 is 4.79 Å². The van der Waals surface area contributed by atoms with Gasteiger partial charge in [-0.15, -0.1) is 23.5 Å². The normalized spacial score (nSPS) is 15.6. The Morgan fingerprint density at radius 1 is 1.12 bits per heavy atom. The number of carbonyl (C=O) groups is 1. The molecule has 2 heterocycles. The van der Waals surface area contributed by atoms with Crippen LogP contribution < -0.4 is 0 Å². The minimum atomic E-state index is 0.137. The van der Waals surface area contributed by atoms with Crippen molar-refractivity contribution >= 4 is 41.0 Å². The predicted molar refractivity (Wildman–Crippen MR) is 108 cm³/mol. The molecule has 1 amide bonds. The summed E-state index contributed by atoms with van der Waals surface area (Å²) in [6.07, 6.45) is 3.99. The molecule has 1 saturated heterocycles. The van der Waals surface area contributed by atoms with E-state index < -0.39 is 0 Å². The van der Waals surface area contributed by atoms with Crippen LogP contribution in [-0.2, 0) is 6.54 Å². The Labute approximate surface area is 162 Å². The number of amides is 1. The molecule has 0 saturated carbocycles. The topological polar surface area (TPSA) is 36.4 Å². The van der Waals surface area contributed by atoms with Crippen molar-refractivity contribution in [1.82, 2.24) is 14.2 Å². The summed E-state index contributed by atoms with van der Waals surface area (Å²) in [5, 5.41) is 0.862. The molecule has 134 valence electrons. The van der Waals surface area contributed by atoms with Gasteiger partial charge < -0.3 is 4.90 Å². The standard InChI is InChI=1S/C18H23N3OS3/c1-13-4-6-14(7-5-13)12-20-8-10-21(11-9-20)17(22)15-16(23-2)19-25-18(15)24-3/h4-7H,8-12H2,1-3H3. The Balaban J connectivity index is 1.61. The summed E-state index contributed by atoms with van der Waals surface area (Å²) >= 11 is 4.60. The van der Waals surface area contributed by atoms with Gasteiger partial charge in [-0.25, -0.2) is 0 Å². The van der Waals surface area contributed by atoms with Crippen LogP contribution in [-0.4, -0.2) is 58.8 Å². The van der Waals surface area contributed by atoms with Gasteiger partial charge in [-0.2, -0.15) is 4.37 Å². The maximum Gasteiger partial charge on any atom is 0.258 e. The van der Waals surface area contributed by atoms with Crippen LogP contribution in [0, 0.1) is 6.92 Å². The van der Waals surface area contributed by atoms with Crippen molar-refractivity contribution in [2.45, 2.75) is 22.7 Å². The molecular formula is C18H23N3OS3. The lowest BCUT2D eigenvalue weighted by atomic mass is 10.1. The zero-order valence-corrected chi connectivity index (χ0v) is 17.3. The highest BCUT2D eigenvalue weighted by molar-refractivity contribution is 8.01. The first-order valence-corrected chi connectivity index (χ1v) is 11.5. The van der Waals surface area contributed by atoms with Gasteiger partial charge in [0, 0.05) is 32.7 Å². The first-order chi connectivity index (χ1) is 12.1. The predicted octanol–water partition coefficient (Wildman–Crippen LogP) is 3.85. The van der Waals surface area contributed by atoms with Crippen LogP contribution in [0.25, 0.3) is 0 Å². The third-order valence-electron chi connectivity index (χ3n) is 4.41. The molecule has 3 rings (SSSR count). The molecule has 0 radical (unpaired) electrons. The molecule has 1 aliphatic rings. The molecule has 0 atom stereocenters. The van der Waals surface area contributed by atoms with E-state index in [9.17, 15) is 4.79 Å². The van der Waals surface area contributed by atoms with Gasteiger partial charge in [-0.1, -0.05) is 29.8 Å². The Hall–Kier alpha value is -1.02. The summed E-state index contributed by atoms with van der Waals surface area (Å²) in [4.78, 5) is 17.4. The van der Waals surface area contributed by atoms with E-state index in [2.05, 4.69) is 40.5 Å². The fourth-order valence-corrected chi connectivity index (χ4v) is 5.20. The van der Waals surface area contributed by atoms with Gasteiger partial charge in [0.1, 0.15) is 5.03 Å². The molecule has 0 bridgehead atoms. The second-order valence-electron chi connectivity index (χ2n) is 6.11. The Bertz CT molecular complexity index is 700. The molecule has 2 aromatic rings. The van der Waals surface area contributed by atoms with Gasteiger partial charge >= 0.3 is 0 Å². The zero-order valence-electron chi connectivity index (χ0n) is 14.8. The molecule has 1 aromatic carbocycles. The molecule has 0 N–H and O–H groups in total. The molecular weight excluding hydrogens is 370 g/mol. The van der Waals surface area contributed by atoms with Crippen molar-refractivity contribution in [3.8, 4) is 0 Å². The third kappa shape index (κ3) is 4.39. The van der Waals surface area contributed by atoms with Crippen molar-refractivity contribution in [1.29, 1.82) is 0 Å². The number of thioether (sulfide) groups is 2. The van der Waals surface area contributed by atoms with E-state index in [1.54, 1.807) is 23.5 Å². The molecule has 0 aliphatic carbocycles. The summed E-state index contributed by atoms with van der Waals surface area (Å²) in [5.74, 6) is 0.137. The highest BCUT2D eigenvalue weighted by Crippen LogP contribution is 2.33. The quantitative estimate of drug-likeness (QED) is 0.721. The van der Waals surface area contributed by atoms with E-state index in [1.165, 1.54) is 22.7 Å². The van der Waals surface area contributed by atoms with Crippen LogP contribution in [0.5, 0.6) is 0 Å². The molecule has 4 nitrogen and oxygen atoms in total. The van der Waals surface area contributed by atoms with Crippen molar-refractivity contribution in [2.24, 2.45) is 0 Å². The number of aromatic nitrogens is 1. The van der Waals surface area contributed by atoms with Crippen LogP contribution in [0.4, 0.5) is 0 Å². The first kappa shape index (κ1) is 18.8. The molecule has 1 aliphatic heterocycles. The van der Waals surface area contributed by atoms with Crippen molar-refractivity contribution in [3.05, 3.63) is 41.0 Å². The minimum absolute atomic E-state index is 0.137. The molecule has 0 unspecified atom stereocenters. The number of hydrogen-bond donors (Lipinski definition) is 0. The van der Waals surface area contributed by atoms with Gasteiger partial charge in [-0.05, 0) is 36.5 Å². The first-order valence-electron chi connectivity index (χ1n) is 8.27. The van der Waals surface area contributed by atoms with Crippen LogP contribution in [0.15, 0.2) is 33.5 Å². The Morgan fingerprint density at radius 2 is 1.80 bits per heavy atom. The molecule has 1 aromatic heterocycles. The monoisotopic (exact) mass is 393 g/mol. The number of nitrogens with zero attached hydrogens (tertiary/aromatic N) is 3. The van der Waals surface area contributed by atoms with Crippen LogP contribution in [0.2, 0.25) is 0 Å². The smallest absolute Gasteiger partial charge is 0.258 e. The number of benzene rings is 1. The summed E-state index contributed by atoms with van der Waals surface area (Å²) in [5.41, 5.74) is 3.43. The average Bonchev–Trinajstić information content (AvgIpc) is 3.07. The second kappa shape index (κ2) is 8.58. The molecule has 0 spiro atoms. The van der Waals surface area contributed by atoms with Crippen LogP contribution in [0.3, 0.4) is 0 Å². The SMILES string of the molecule is CSc1nsc(SC)c1C(=O)N1CCN(Cc2ccc(C)cc2)CC1. The van der Waals surface area contributed by atoms with E-state index in [0.29, 0.717) is 0 Å². The molecule has 25 heavy (non-hydrogen) atoms. The van der Waals surface area contributed by atoms with Gasteiger partial charge in [0.25, 0.3) is 5.91 Å². The largest absolute Gasteiger partial charge is 0.336 e. The maximum absolute atomic E-state index is 13.0. The van der Waals surface area contributed by atoms with Crippen LogP contribution in [0.1, 0.15) is 21.5 Å². The highest BCUT2D eigenvalue weighted by atomic mass is 32.2. The van der Waals surface area contributed by atoms with E-state index in [4.69, 9.17) is 0 Å². The van der Waals surface area contributed by atoms with E-state index in [-0.39, 0.29) is 5.91 Å². The molecule has 7 heteroatoms. The number of piperazine rings is 1. The lowest BCUT2D eigenvalue weighted by Gasteiger charge is -2.34. The van der Waals surface area contributed by atoms with Gasteiger partial charge in [0.2, 0.25) is 0 Å². The number of carbonyl (C=O) groups excluding carboxylic acids is 1. The minimum Gasteiger partial charge on any atom is -0.336 e. The van der Waals surface area contributed by atoms with Gasteiger partial charge in [-0.3, -0.25) is 9.69 Å². The van der Waals surface area contributed by atoms with E-state index >= 15 is 0 Å². The third-order valence-corrected chi connectivity index (χ3v) is 7.15. The zero-order chi connectivity index (χ0) is 17.8. The fraction of sp³-hybridized carbons (Fsp3) is 0.444. The van der Waals surface area contributed by atoms with E-state index in [0.717, 1.165) is 47.5 Å². The van der Waals surface area contributed by atoms with Crippen molar-refractivity contribution in [3.63, 3.8) is 0 Å².